The minimum atomic E-state index is -2.27. The van der Waals surface area contributed by atoms with Crippen molar-refractivity contribution < 1.29 is 49.1 Å². The molecular formula is C28H40N2O10S2. The lowest BCUT2D eigenvalue weighted by Gasteiger charge is -2.18. The molecule has 2 aromatic heterocycles. The fourth-order valence-electron chi connectivity index (χ4n) is 4.67. The number of hydrogen-bond donors (Lipinski definition) is 6. The Morgan fingerprint density at radius 3 is 1.38 bits per heavy atom. The monoisotopic (exact) mass is 628 g/mol. The van der Waals surface area contributed by atoms with Gasteiger partial charge in [0.25, 0.3) is 0 Å². The maximum absolute atomic E-state index is 11.8. The van der Waals surface area contributed by atoms with Crippen molar-refractivity contribution in [1.29, 1.82) is 0 Å². The van der Waals surface area contributed by atoms with Crippen LogP contribution in [0.15, 0.2) is 0 Å². The molecule has 0 amide bonds. The molecule has 234 valence electrons. The number of nitrogens with two attached hydrogens (primary N) is 2. The van der Waals surface area contributed by atoms with E-state index in [0.717, 1.165) is 49.7 Å². The Balaban J connectivity index is 0.000000228. The summed E-state index contributed by atoms with van der Waals surface area (Å²) in [5.74, 6) is -2.66. The van der Waals surface area contributed by atoms with E-state index in [1.54, 1.807) is 22.7 Å². The van der Waals surface area contributed by atoms with Crippen LogP contribution in [0.4, 0.5) is 10.0 Å². The normalized spacial score (nSPS) is 18.4. The number of aliphatic hydroxyl groups is 2. The number of carboxylic acids is 2. The van der Waals surface area contributed by atoms with Crippen molar-refractivity contribution in [2.24, 2.45) is 11.8 Å². The number of hydrogen-bond acceptors (Lipinski definition) is 12. The van der Waals surface area contributed by atoms with Crippen LogP contribution in [0.2, 0.25) is 0 Å². The zero-order chi connectivity index (χ0) is 31.7. The van der Waals surface area contributed by atoms with Gasteiger partial charge >= 0.3 is 23.9 Å². The van der Waals surface area contributed by atoms with Crippen molar-refractivity contribution >= 4 is 56.6 Å². The fraction of sp³-hybridized carbons (Fsp3) is 0.571. The molecule has 0 radical (unpaired) electrons. The number of rotatable bonds is 7. The number of esters is 2. The van der Waals surface area contributed by atoms with E-state index in [9.17, 15) is 19.2 Å². The summed E-state index contributed by atoms with van der Waals surface area (Å²) in [6.07, 6.45) is 1.74. The molecule has 14 heteroatoms. The zero-order valence-electron chi connectivity index (χ0n) is 24.2. The van der Waals surface area contributed by atoms with E-state index in [-0.39, 0.29) is 11.9 Å². The maximum atomic E-state index is 11.8. The van der Waals surface area contributed by atoms with Gasteiger partial charge in [-0.3, -0.25) is 0 Å². The van der Waals surface area contributed by atoms with Crippen molar-refractivity contribution in [3.63, 3.8) is 0 Å². The van der Waals surface area contributed by atoms with E-state index in [4.69, 9.17) is 41.4 Å². The van der Waals surface area contributed by atoms with Gasteiger partial charge in [-0.15, -0.1) is 22.7 Å². The first-order valence-corrected chi connectivity index (χ1v) is 15.3. The van der Waals surface area contributed by atoms with Crippen LogP contribution >= 0.6 is 22.7 Å². The molecule has 0 aromatic carbocycles. The zero-order valence-corrected chi connectivity index (χ0v) is 25.8. The van der Waals surface area contributed by atoms with E-state index in [1.807, 2.05) is 13.8 Å². The number of ether oxygens (including phenoxy) is 2. The van der Waals surface area contributed by atoms with Crippen LogP contribution in [-0.4, -0.2) is 69.7 Å². The highest BCUT2D eigenvalue weighted by Crippen LogP contribution is 2.39. The third kappa shape index (κ3) is 8.90. The Morgan fingerprint density at radius 1 is 0.762 bits per heavy atom. The predicted octanol–water partition coefficient (Wildman–Crippen LogP) is 3.14. The Labute approximate surface area is 252 Å². The molecule has 4 rings (SSSR count). The Hall–Kier alpha value is -3.20. The molecule has 12 nitrogen and oxygen atoms in total. The third-order valence-electron chi connectivity index (χ3n) is 6.84. The molecule has 0 spiro atoms. The van der Waals surface area contributed by atoms with E-state index in [0.29, 0.717) is 46.2 Å². The Morgan fingerprint density at radius 2 is 1.10 bits per heavy atom. The van der Waals surface area contributed by atoms with Gasteiger partial charge in [-0.2, -0.15) is 0 Å². The second kappa shape index (κ2) is 15.9. The molecule has 2 aromatic rings. The van der Waals surface area contributed by atoms with Crippen molar-refractivity contribution in [3.8, 4) is 0 Å². The van der Waals surface area contributed by atoms with Crippen LogP contribution in [0.5, 0.6) is 0 Å². The first-order valence-electron chi connectivity index (χ1n) is 13.7. The smallest absolute Gasteiger partial charge is 0.341 e. The second-order valence-electron chi connectivity index (χ2n) is 10.2. The molecule has 0 aliphatic heterocycles. The lowest BCUT2D eigenvalue weighted by atomic mass is 9.88. The highest BCUT2D eigenvalue weighted by Gasteiger charge is 2.30. The summed E-state index contributed by atoms with van der Waals surface area (Å²) < 4.78 is 10.1. The summed E-state index contributed by atoms with van der Waals surface area (Å²) in [6, 6.07) is 0. The highest BCUT2D eigenvalue weighted by molar-refractivity contribution is 7.16. The second-order valence-corrected chi connectivity index (χ2v) is 12.5. The van der Waals surface area contributed by atoms with E-state index < -0.39 is 24.1 Å². The van der Waals surface area contributed by atoms with Crippen LogP contribution in [0.25, 0.3) is 0 Å². The van der Waals surface area contributed by atoms with Gasteiger partial charge in [0.15, 0.2) is 12.2 Å². The quantitative estimate of drug-likeness (QED) is 0.244. The predicted molar refractivity (Wildman–Crippen MR) is 159 cm³/mol. The number of carbonyl (C=O) groups is 4. The van der Waals surface area contributed by atoms with Crippen LogP contribution in [0.3, 0.4) is 0 Å². The summed E-state index contributed by atoms with van der Waals surface area (Å²) in [4.78, 5) is 45.7. The number of aliphatic carboxylic acids is 2. The van der Waals surface area contributed by atoms with Crippen LogP contribution < -0.4 is 11.5 Å². The molecule has 2 aliphatic rings. The average molecular weight is 629 g/mol. The first-order chi connectivity index (χ1) is 19.7. The minimum Gasteiger partial charge on any atom is -0.479 e. The van der Waals surface area contributed by atoms with Gasteiger partial charge < -0.3 is 41.4 Å². The fourth-order valence-corrected chi connectivity index (χ4v) is 7.21. The van der Waals surface area contributed by atoms with Crippen LogP contribution in [0.1, 0.15) is 82.1 Å². The van der Waals surface area contributed by atoms with Gasteiger partial charge in [-0.1, -0.05) is 13.8 Å². The third-order valence-corrected chi connectivity index (χ3v) is 9.01. The lowest BCUT2D eigenvalue weighted by Crippen LogP contribution is -2.39. The molecule has 2 aliphatic carbocycles. The molecule has 0 fully saturated rings. The minimum absolute atomic E-state index is 0.257. The molecule has 8 N–H and O–H groups in total. The standard InChI is InChI=1S/2C12H17NO2S.C4H6O6/c2*1-3-15-12(14)10-8-5-4-7(2)6-9(8)16-11(10)13;5-1(3(7)8)2(6)4(9)10/h2*7H,3-6,13H2,1-2H3;1-2,5-6H,(H,7,8)(H,9,10). The van der Waals surface area contributed by atoms with Crippen molar-refractivity contribution in [3.05, 3.63) is 32.0 Å². The number of carboxylic acid groups (broad SMARTS) is 2. The Bertz CT molecular complexity index is 1180. The highest BCUT2D eigenvalue weighted by atomic mass is 32.1. The first kappa shape index (κ1) is 35.0. The summed E-state index contributed by atoms with van der Waals surface area (Å²) in [5.41, 5.74) is 15.4. The van der Waals surface area contributed by atoms with Gasteiger partial charge in [0.05, 0.1) is 24.3 Å². The SMILES string of the molecule is CCOC(=O)c1c(N)sc2c1CCC(C)C2.CCOC(=O)c1c(N)sc2c1CCC(C)C2.O=C(O)C(O)C(O)C(=O)O. The largest absolute Gasteiger partial charge is 0.479 e. The number of carbonyl (C=O) groups excluding carboxylic acids is 2. The van der Waals surface area contributed by atoms with E-state index >= 15 is 0 Å². The van der Waals surface area contributed by atoms with Crippen LogP contribution in [0, 0.1) is 11.8 Å². The van der Waals surface area contributed by atoms with Gasteiger partial charge in [0.1, 0.15) is 10.0 Å². The number of anilines is 2. The average Bonchev–Trinajstić information content (AvgIpc) is 3.42. The topological polar surface area (TPSA) is 220 Å². The molecule has 0 bridgehead atoms. The number of aliphatic hydroxyl groups excluding tert-OH is 2. The Kier molecular flexibility index (Phi) is 13.2. The van der Waals surface area contributed by atoms with Crippen molar-refractivity contribution in [2.45, 2.75) is 78.4 Å². The van der Waals surface area contributed by atoms with E-state index in [2.05, 4.69) is 13.8 Å². The molecule has 0 saturated heterocycles. The summed E-state index contributed by atoms with van der Waals surface area (Å²) in [5, 5.41) is 33.8. The van der Waals surface area contributed by atoms with E-state index in [1.165, 1.54) is 9.75 Å². The van der Waals surface area contributed by atoms with Gasteiger partial charge in [-0.25, -0.2) is 19.2 Å². The molecule has 42 heavy (non-hydrogen) atoms. The summed E-state index contributed by atoms with van der Waals surface area (Å²) in [7, 11) is 0. The van der Waals surface area contributed by atoms with Crippen LogP contribution in [-0.2, 0) is 44.7 Å². The molecule has 0 saturated carbocycles. The van der Waals surface area contributed by atoms with Gasteiger partial charge in [0, 0.05) is 9.75 Å². The number of thiophene rings is 2. The van der Waals surface area contributed by atoms with Crippen molar-refractivity contribution in [1.82, 2.24) is 0 Å². The maximum Gasteiger partial charge on any atom is 0.341 e. The van der Waals surface area contributed by atoms with Crippen molar-refractivity contribution in [2.75, 3.05) is 24.7 Å². The van der Waals surface area contributed by atoms with Gasteiger partial charge in [0.2, 0.25) is 0 Å². The number of nitrogen functional groups attached to an aromatic ring is 2. The number of fused-ring (bicyclic) bond motifs is 2. The molecule has 4 atom stereocenters. The molecule has 2 heterocycles. The van der Waals surface area contributed by atoms with Gasteiger partial charge in [-0.05, 0) is 75.3 Å². The summed E-state index contributed by atoms with van der Waals surface area (Å²) >= 11 is 3.10. The molecular weight excluding hydrogens is 588 g/mol. The lowest BCUT2D eigenvalue weighted by molar-refractivity contribution is -0.165. The molecule has 4 unspecified atom stereocenters. The summed E-state index contributed by atoms with van der Waals surface area (Å²) in [6.45, 7) is 8.91.